The molecule has 0 unspecified atom stereocenters. The van der Waals surface area contributed by atoms with Crippen molar-refractivity contribution >= 4 is 32.3 Å². The SMILES string of the molecule is COc1nc(-c2cccc(F)c2)ccc1N(c1ccncn1)S(=O)(=O)c1ccc2cnccc2c1. The number of nitrogens with zero attached hydrogens (tertiary/aromatic N) is 5. The minimum absolute atomic E-state index is 0.0268. The van der Waals surface area contributed by atoms with Crippen LogP contribution in [0, 0.1) is 5.82 Å². The van der Waals surface area contributed by atoms with Gasteiger partial charge in [-0.2, -0.15) is 0 Å². The van der Waals surface area contributed by atoms with Crippen molar-refractivity contribution in [1.29, 1.82) is 0 Å². The van der Waals surface area contributed by atoms with Crippen LogP contribution in [-0.4, -0.2) is 35.5 Å². The Kier molecular flexibility index (Phi) is 5.79. The van der Waals surface area contributed by atoms with Gasteiger partial charge in [-0.05, 0) is 47.9 Å². The number of anilines is 2. The third-order valence-electron chi connectivity index (χ3n) is 5.30. The molecule has 3 aromatic heterocycles. The van der Waals surface area contributed by atoms with E-state index in [0.29, 0.717) is 11.3 Å². The number of methoxy groups -OCH3 is 1. The molecule has 0 aliphatic heterocycles. The maximum Gasteiger partial charge on any atom is 0.270 e. The molecule has 0 fully saturated rings. The topological polar surface area (TPSA) is 98.2 Å². The zero-order valence-electron chi connectivity index (χ0n) is 18.4. The van der Waals surface area contributed by atoms with E-state index in [4.69, 9.17) is 4.74 Å². The van der Waals surface area contributed by atoms with Gasteiger partial charge in [-0.3, -0.25) is 4.98 Å². The lowest BCUT2D eigenvalue weighted by Gasteiger charge is -2.25. The van der Waals surface area contributed by atoms with Crippen molar-refractivity contribution in [3.63, 3.8) is 0 Å². The minimum Gasteiger partial charge on any atom is -0.479 e. The summed E-state index contributed by atoms with van der Waals surface area (Å²) in [5, 5.41) is 1.52. The maximum atomic E-state index is 14.0. The lowest BCUT2D eigenvalue weighted by Crippen LogP contribution is -2.28. The van der Waals surface area contributed by atoms with Crippen LogP contribution < -0.4 is 9.04 Å². The lowest BCUT2D eigenvalue weighted by molar-refractivity contribution is 0.400. The highest BCUT2D eigenvalue weighted by molar-refractivity contribution is 7.93. The molecule has 0 amide bonds. The summed E-state index contributed by atoms with van der Waals surface area (Å²) in [5.41, 5.74) is 1.08. The molecule has 0 N–H and O–H groups in total. The molecule has 0 saturated carbocycles. The van der Waals surface area contributed by atoms with Crippen LogP contribution in [0.1, 0.15) is 0 Å². The van der Waals surface area contributed by atoms with Gasteiger partial charge in [0.05, 0.1) is 17.7 Å². The third-order valence-corrected chi connectivity index (χ3v) is 7.01. The lowest BCUT2D eigenvalue weighted by atomic mass is 10.1. The van der Waals surface area contributed by atoms with Crippen molar-refractivity contribution < 1.29 is 17.5 Å². The number of fused-ring (bicyclic) bond motifs is 1. The fraction of sp³-hybridized carbons (Fsp3) is 0.0400. The van der Waals surface area contributed by atoms with Gasteiger partial charge < -0.3 is 4.74 Å². The van der Waals surface area contributed by atoms with Crippen LogP contribution in [0.4, 0.5) is 15.9 Å². The van der Waals surface area contributed by atoms with Crippen LogP contribution in [-0.2, 0) is 10.0 Å². The van der Waals surface area contributed by atoms with Crippen molar-refractivity contribution in [3.05, 3.63) is 97.5 Å². The second-order valence-electron chi connectivity index (χ2n) is 7.46. The average molecular weight is 488 g/mol. The van der Waals surface area contributed by atoms with E-state index in [9.17, 15) is 12.8 Å². The van der Waals surface area contributed by atoms with E-state index < -0.39 is 15.8 Å². The first-order valence-corrected chi connectivity index (χ1v) is 11.9. The van der Waals surface area contributed by atoms with Gasteiger partial charge in [0.1, 0.15) is 17.8 Å². The first-order chi connectivity index (χ1) is 17.0. The highest BCUT2D eigenvalue weighted by Crippen LogP contribution is 2.38. The van der Waals surface area contributed by atoms with Gasteiger partial charge in [0, 0.05) is 35.6 Å². The summed E-state index contributed by atoms with van der Waals surface area (Å²) in [6.45, 7) is 0. The zero-order valence-corrected chi connectivity index (χ0v) is 19.2. The van der Waals surface area contributed by atoms with Crippen molar-refractivity contribution in [2.45, 2.75) is 4.90 Å². The predicted octanol–water partition coefficient (Wildman–Crippen LogP) is 4.76. The highest BCUT2D eigenvalue weighted by atomic mass is 32.2. The summed E-state index contributed by atoms with van der Waals surface area (Å²) in [7, 11) is -2.79. The summed E-state index contributed by atoms with van der Waals surface area (Å²) < 4.78 is 48.2. The van der Waals surface area contributed by atoms with E-state index >= 15 is 0 Å². The number of pyridine rings is 2. The van der Waals surface area contributed by atoms with Gasteiger partial charge in [-0.1, -0.05) is 18.2 Å². The Hall–Kier alpha value is -4.44. The van der Waals surface area contributed by atoms with E-state index in [2.05, 4.69) is 19.9 Å². The van der Waals surface area contributed by atoms with Crippen LogP contribution >= 0.6 is 0 Å². The smallest absolute Gasteiger partial charge is 0.270 e. The minimum atomic E-state index is -4.17. The van der Waals surface area contributed by atoms with Crippen molar-refractivity contribution in [3.8, 4) is 17.1 Å². The Balaban J connectivity index is 1.69. The van der Waals surface area contributed by atoms with Crippen LogP contribution in [0.25, 0.3) is 22.0 Å². The Bertz CT molecular complexity index is 1630. The molecule has 0 bridgehead atoms. The number of rotatable bonds is 6. The quantitative estimate of drug-likeness (QED) is 0.340. The van der Waals surface area contributed by atoms with Crippen molar-refractivity contribution in [1.82, 2.24) is 19.9 Å². The van der Waals surface area contributed by atoms with E-state index in [0.717, 1.165) is 15.1 Å². The molecule has 0 spiro atoms. The van der Waals surface area contributed by atoms with Gasteiger partial charge >= 0.3 is 0 Å². The fourth-order valence-corrected chi connectivity index (χ4v) is 5.13. The second-order valence-corrected chi connectivity index (χ2v) is 9.24. The number of ether oxygens (including phenoxy) is 1. The normalized spacial score (nSPS) is 11.4. The largest absolute Gasteiger partial charge is 0.479 e. The molecule has 0 saturated heterocycles. The molecular formula is C25H18FN5O3S. The van der Waals surface area contributed by atoms with E-state index in [1.807, 2.05) is 0 Å². The molecule has 10 heteroatoms. The van der Waals surface area contributed by atoms with Crippen LogP contribution in [0.5, 0.6) is 5.88 Å². The predicted molar refractivity (Wildman–Crippen MR) is 129 cm³/mol. The number of sulfonamides is 1. The van der Waals surface area contributed by atoms with Crippen LogP contribution in [0.2, 0.25) is 0 Å². The number of hydrogen-bond acceptors (Lipinski definition) is 7. The van der Waals surface area contributed by atoms with Crippen molar-refractivity contribution in [2.24, 2.45) is 0 Å². The van der Waals surface area contributed by atoms with Gasteiger partial charge in [-0.25, -0.2) is 32.1 Å². The first kappa shape index (κ1) is 22.4. The standard InChI is InChI=1S/C25H18FN5O3S/c1-34-25-23(8-7-22(30-25)18-3-2-4-20(26)13-18)31(24-10-12-28-16-29-24)35(32,33)21-6-5-19-15-27-11-9-17(19)14-21/h2-16H,1H3. The molecule has 0 radical (unpaired) electrons. The van der Waals surface area contributed by atoms with E-state index in [-0.39, 0.29) is 22.3 Å². The molecule has 35 heavy (non-hydrogen) atoms. The van der Waals surface area contributed by atoms with Crippen molar-refractivity contribution in [2.75, 3.05) is 11.4 Å². The number of hydrogen-bond donors (Lipinski definition) is 0. The number of aromatic nitrogens is 4. The van der Waals surface area contributed by atoms with Crippen LogP contribution in [0.15, 0.2) is 96.5 Å². The summed E-state index contributed by atoms with van der Waals surface area (Å²) >= 11 is 0. The zero-order chi connectivity index (χ0) is 24.4. The monoisotopic (exact) mass is 487 g/mol. The fourth-order valence-electron chi connectivity index (χ4n) is 3.65. The molecule has 2 aromatic carbocycles. The molecule has 0 atom stereocenters. The Morgan fingerprint density at radius 1 is 0.914 bits per heavy atom. The van der Waals surface area contributed by atoms with E-state index in [1.54, 1.807) is 54.9 Å². The van der Waals surface area contributed by atoms with Gasteiger partial charge in [-0.15, -0.1) is 0 Å². The Labute approximate surface area is 200 Å². The molecule has 0 aliphatic carbocycles. The highest BCUT2D eigenvalue weighted by Gasteiger charge is 2.31. The second kappa shape index (κ2) is 9.07. The maximum absolute atomic E-state index is 14.0. The average Bonchev–Trinajstić information content (AvgIpc) is 2.89. The number of benzene rings is 2. The molecule has 5 aromatic rings. The Morgan fingerprint density at radius 3 is 2.54 bits per heavy atom. The summed E-state index contributed by atoms with van der Waals surface area (Å²) in [6.07, 6.45) is 5.95. The molecular weight excluding hydrogens is 469 g/mol. The molecule has 8 nitrogen and oxygen atoms in total. The summed E-state index contributed by atoms with van der Waals surface area (Å²) in [5.74, 6) is -0.281. The third kappa shape index (κ3) is 4.26. The first-order valence-electron chi connectivity index (χ1n) is 10.4. The van der Waals surface area contributed by atoms with Crippen LogP contribution in [0.3, 0.4) is 0 Å². The molecule has 3 heterocycles. The van der Waals surface area contributed by atoms with Gasteiger partial charge in [0.2, 0.25) is 5.88 Å². The molecule has 174 valence electrons. The molecule has 0 aliphatic rings. The van der Waals surface area contributed by atoms with E-state index in [1.165, 1.54) is 43.9 Å². The summed E-state index contributed by atoms with van der Waals surface area (Å²) in [6, 6.07) is 17.1. The summed E-state index contributed by atoms with van der Waals surface area (Å²) in [4.78, 5) is 16.6. The van der Waals surface area contributed by atoms with Gasteiger partial charge in [0.15, 0.2) is 5.82 Å². The van der Waals surface area contributed by atoms with Gasteiger partial charge in [0.25, 0.3) is 10.0 Å². The molecule has 5 rings (SSSR count). The Morgan fingerprint density at radius 2 is 1.77 bits per heavy atom. The number of halogens is 1.